The van der Waals surface area contributed by atoms with Crippen molar-refractivity contribution in [2.75, 3.05) is 29.4 Å². The van der Waals surface area contributed by atoms with Crippen LogP contribution >= 0.6 is 0 Å². The Morgan fingerprint density at radius 3 is 1.91 bits per heavy atom. The van der Waals surface area contributed by atoms with E-state index in [1.165, 1.54) is 16.1 Å². The van der Waals surface area contributed by atoms with Crippen molar-refractivity contribution in [1.82, 2.24) is 0 Å². The van der Waals surface area contributed by atoms with Crippen molar-refractivity contribution < 1.29 is 23.1 Å². The van der Waals surface area contributed by atoms with Crippen LogP contribution in [0.3, 0.4) is 0 Å². The van der Waals surface area contributed by atoms with Crippen LogP contribution in [0, 0.1) is 13.8 Å². The molecule has 3 aromatic carbocycles. The molecular formula is C26H30N2O5S. The standard InChI is InChI=1S/C26H30N2O5S/c1-19-5-9-23(10-6-19)28(34(31,32)26-15-7-20(2)8-16-26)17-24(30)18-33-25-13-11-22(12-14-25)27(4)21(3)29/h5-16,24,30H,17-18H2,1-4H3. The molecule has 0 heterocycles. The van der Waals surface area contributed by atoms with Crippen molar-refractivity contribution in [3.05, 3.63) is 83.9 Å². The number of ether oxygens (including phenoxy) is 1. The number of amides is 1. The first kappa shape index (κ1) is 25.3. The highest BCUT2D eigenvalue weighted by atomic mass is 32.2. The van der Waals surface area contributed by atoms with Crippen LogP contribution in [0.4, 0.5) is 11.4 Å². The highest BCUT2D eigenvalue weighted by Gasteiger charge is 2.27. The summed E-state index contributed by atoms with van der Waals surface area (Å²) in [6.07, 6.45) is -1.08. The summed E-state index contributed by atoms with van der Waals surface area (Å²) in [6, 6.07) is 20.6. The average Bonchev–Trinajstić information content (AvgIpc) is 2.82. The largest absolute Gasteiger partial charge is 0.491 e. The Morgan fingerprint density at radius 2 is 1.38 bits per heavy atom. The van der Waals surface area contributed by atoms with Crippen LogP contribution in [-0.4, -0.2) is 45.7 Å². The van der Waals surface area contributed by atoms with Gasteiger partial charge in [0.1, 0.15) is 18.5 Å². The maximum atomic E-state index is 13.4. The topological polar surface area (TPSA) is 87.2 Å². The summed E-state index contributed by atoms with van der Waals surface area (Å²) in [4.78, 5) is 13.1. The maximum Gasteiger partial charge on any atom is 0.264 e. The molecule has 1 N–H and O–H groups in total. The minimum absolute atomic E-state index is 0.0879. The van der Waals surface area contributed by atoms with E-state index in [2.05, 4.69) is 0 Å². The lowest BCUT2D eigenvalue weighted by molar-refractivity contribution is -0.116. The summed E-state index contributed by atoms with van der Waals surface area (Å²) in [5, 5.41) is 10.7. The highest BCUT2D eigenvalue weighted by Crippen LogP contribution is 2.25. The zero-order valence-electron chi connectivity index (χ0n) is 19.8. The molecule has 0 fully saturated rings. The molecule has 7 nitrogen and oxygen atoms in total. The van der Waals surface area contributed by atoms with E-state index in [1.54, 1.807) is 67.7 Å². The van der Waals surface area contributed by atoms with Crippen LogP contribution in [0.2, 0.25) is 0 Å². The summed E-state index contributed by atoms with van der Waals surface area (Å²) >= 11 is 0. The van der Waals surface area contributed by atoms with Gasteiger partial charge in [0.2, 0.25) is 5.91 Å². The number of sulfonamides is 1. The zero-order valence-corrected chi connectivity index (χ0v) is 20.6. The predicted molar refractivity (Wildman–Crippen MR) is 134 cm³/mol. The molecule has 0 saturated carbocycles. The van der Waals surface area contributed by atoms with Gasteiger partial charge in [-0.3, -0.25) is 9.10 Å². The molecule has 3 rings (SSSR count). The zero-order chi connectivity index (χ0) is 24.9. The van der Waals surface area contributed by atoms with Gasteiger partial charge >= 0.3 is 0 Å². The fraction of sp³-hybridized carbons (Fsp3) is 0.269. The van der Waals surface area contributed by atoms with E-state index in [-0.39, 0.29) is 24.0 Å². The number of aryl methyl sites for hydroxylation is 2. The molecule has 0 saturated heterocycles. The first-order chi connectivity index (χ1) is 16.1. The van der Waals surface area contributed by atoms with Crippen LogP contribution < -0.4 is 13.9 Å². The Labute approximate surface area is 201 Å². The maximum absolute atomic E-state index is 13.4. The quantitative estimate of drug-likeness (QED) is 0.500. The smallest absolute Gasteiger partial charge is 0.264 e. The number of nitrogens with zero attached hydrogens (tertiary/aromatic N) is 2. The van der Waals surface area contributed by atoms with Gasteiger partial charge in [-0.25, -0.2) is 8.42 Å². The molecule has 0 spiro atoms. The third-order valence-electron chi connectivity index (χ3n) is 5.45. The van der Waals surface area contributed by atoms with Crippen molar-refractivity contribution in [1.29, 1.82) is 0 Å². The van der Waals surface area contributed by atoms with Crippen LogP contribution in [0.1, 0.15) is 18.1 Å². The second-order valence-corrected chi connectivity index (χ2v) is 10.1. The van der Waals surface area contributed by atoms with Crippen molar-refractivity contribution in [2.24, 2.45) is 0 Å². The minimum Gasteiger partial charge on any atom is -0.491 e. The van der Waals surface area contributed by atoms with Crippen molar-refractivity contribution in [2.45, 2.75) is 31.8 Å². The normalized spacial score (nSPS) is 12.1. The van der Waals surface area contributed by atoms with Gasteiger partial charge in [-0.2, -0.15) is 0 Å². The molecule has 34 heavy (non-hydrogen) atoms. The van der Waals surface area contributed by atoms with Crippen LogP contribution in [0.15, 0.2) is 77.7 Å². The Hall–Kier alpha value is -3.36. The summed E-state index contributed by atoms with van der Waals surface area (Å²) in [5.74, 6) is 0.415. The average molecular weight is 483 g/mol. The summed E-state index contributed by atoms with van der Waals surface area (Å²) < 4.78 is 33.8. The molecule has 8 heteroatoms. The first-order valence-corrected chi connectivity index (χ1v) is 12.3. The van der Waals surface area contributed by atoms with Crippen LogP contribution in [-0.2, 0) is 14.8 Å². The van der Waals surface area contributed by atoms with Crippen molar-refractivity contribution in [3.8, 4) is 5.75 Å². The Bertz CT molecular complexity index is 1210. The molecule has 0 aliphatic carbocycles. The second kappa shape index (κ2) is 10.7. The van der Waals surface area contributed by atoms with Gasteiger partial charge in [-0.15, -0.1) is 0 Å². The van der Waals surface area contributed by atoms with Crippen LogP contribution in [0.25, 0.3) is 0 Å². The monoisotopic (exact) mass is 482 g/mol. The van der Waals surface area contributed by atoms with E-state index in [0.29, 0.717) is 11.4 Å². The summed E-state index contributed by atoms with van der Waals surface area (Å²) in [5.41, 5.74) is 3.13. The molecule has 180 valence electrons. The number of aliphatic hydroxyl groups excluding tert-OH is 1. The van der Waals surface area contributed by atoms with E-state index in [1.807, 2.05) is 26.0 Å². The van der Waals surface area contributed by atoms with E-state index in [0.717, 1.165) is 16.8 Å². The fourth-order valence-corrected chi connectivity index (χ4v) is 4.78. The predicted octanol–water partition coefficient (Wildman–Crippen LogP) is 3.92. The molecule has 1 unspecified atom stereocenters. The van der Waals surface area contributed by atoms with Gasteiger partial charge in [-0.05, 0) is 62.4 Å². The van der Waals surface area contributed by atoms with E-state index in [4.69, 9.17) is 4.74 Å². The van der Waals surface area contributed by atoms with Gasteiger partial charge in [0.15, 0.2) is 0 Å². The van der Waals surface area contributed by atoms with Gasteiger partial charge in [0.05, 0.1) is 17.1 Å². The van der Waals surface area contributed by atoms with E-state index in [9.17, 15) is 18.3 Å². The molecular weight excluding hydrogens is 452 g/mol. The lowest BCUT2D eigenvalue weighted by Gasteiger charge is -2.27. The Morgan fingerprint density at radius 1 is 0.882 bits per heavy atom. The highest BCUT2D eigenvalue weighted by molar-refractivity contribution is 7.92. The Kier molecular flexibility index (Phi) is 7.96. The summed E-state index contributed by atoms with van der Waals surface area (Å²) in [7, 11) is -2.23. The van der Waals surface area contributed by atoms with Gasteiger partial charge in [0, 0.05) is 19.7 Å². The third kappa shape index (κ3) is 6.15. The van der Waals surface area contributed by atoms with Gasteiger partial charge in [-0.1, -0.05) is 35.4 Å². The third-order valence-corrected chi connectivity index (χ3v) is 7.25. The van der Waals surface area contributed by atoms with E-state index < -0.39 is 16.1 Å². The van der Waals surface area contributed by atoms with Crippen molar-refractivity contribution in [3.63, 3.8) is 0 Å². The molecule has 0 bridgehead atoms. The van der Waals surface area contributed by atoms with Gasteiger partial charge in [0.25, 0.3) is 10.0 Å². The molecule has 0 aliphatic heterocycles. The number of aliphatic hydroxyl groups is 1. The second-order valence-electron chi connectivity index (χ2n) is 8.22. The first-order valence-electron chi connectivity index (χ1n) is 10.9. The fourth-order valence-electron chi connectivity index (χ4n) is 3.28. The molecule has 1 amide bonds. The molecule has 0 radical (unpaired) electrons. The molecule has 0 aromatic heterocycles. The summed E-state index contributed by atoms with van der Waals surface area (Å²) in [6.45, 7) is 5.01. The molecule has 1 atom stereocenters. The number of carbonyl (C=O) groups is 1. The molecule has 3 aromatic rings. The number of hydrogen-bond acceptors (Lipinski definition) is 5. The Balaban J connectivity index is 1.76. The number of rotatable bonds is 9. The molecule has 0 aliphatic rings. The van der Waals surface area contributed by atoms with Crippen LogP contribution in [0.5, 0.6) is 5.75 Å². The SMILES string of the molecule is CC(=O)N(C)c1ccc(OCC(O)CN(c2ccc(C)cc2)S(=O)(=O)c2ccc(C)cc2)cc1. The number of benzene rings is 3. The van der Waals surface area contributed by atoms with Gasteiger partial charge < -0.3 is 14.7 Å². The number of anilines is 2. The van der Waals surface area contributed by atoms with E-state index >= 15 is 0 Å². The lowest BCUT2D eigenvalue weighted by atomic mass is 10.2. The van der Waals surface area contributed by atoms with Crippen molar-refractivity contribution >= 4 is 27.3 Å². The number of carbonyl (C=O) groups excluding carboxylic acids is 1. The number of hydrogen-bond donors (Lipinski definition) is 1. The minimum atomic E-state index is -3.90. The lowest BCUT2D eigenvalue weighted by Crippen LogP contribution is -2.39.